The van der Waals surface area contributed by atoms with E-state index >= 15 is 0 Å². The third kappa shape index (κ3) is 1.93. The second kappa shape index (κ2) is 5.17. The molecule has 0 fully saturated rings. The van der Waals surface area contributed by atoms with E-state index in [1.165, 1.54) is 20.3 Å². The lowest BCUT2D eigenvalue weighted by Gasteiger charge is -2.45. The van der Waals surface area contributed by atoms with E-state index < -0.39 is 0 Å². The van der Waals surface area contributed by atoms with Gasteiger partial charge in [0.25, 0.3) is 0 Å². The Morgan fingerprint density at radius 3 is 2.95 bits per heavy atom. The molecule has 0 radical (unpaired) electrons. The molecule has 0 spiro atoms. The van der Waals surface area contributed by atoms with E-state index in [0.717, 1.165) is 32.2 Å². The Kier molecular flexibility index (Phi) is 3.65. The summed E-state index contributed by atoms with van der Waals surface area (Å²) in [7, 11) is 0. The van der Waals surface area contributed by atoms with E-state index in [9.17, 15) is 4.79 Å². The lowest BCUT2D eigenvalue weighted by molar-refractivity contribution is -0.129. The minimum absolute atomic E-state index is 0.173. The molecule has 0 saturated carbocycles. The lowest BCUT2D eigenvalue weighted by Crippen LogP contribution is -2.49. The van der Waals surface area contributed by atoms with Gasteiger partial charge < -0.3 is 4.90 Å². The molecule has 2 heterocycles. The smallest absolute Gasteiger partial charge is 0.248 e. The lowest BCUT2D eigenvalue weighted by atomic mass is 9.78. The van der Waals surface area contributed by atoms with Gasteiger partial charge in [-0.3, -0.25) is 4.79 Å². The second-order valence-electron chi connectivity index (χ2n) is 5.86. The van der Waals surface area contributed by atoms with Gasteiger partial charge in [-0.25, -0.2) is 0 Å². The maximum Gasteiger partial charge on any atom is 0.248 e. The molecule has 1 amide bonds. The van der Waals surface area contributed by atoms with E-state index in [0.29, 0.717) is 0 Å². The van der Waals surface area contributed by atoms with Gasteiger partial charge in [-0.1, -0.05) is 43.5 Å². The second-order valence-corrected chi connectivity index (χ2v) is 7.02. The van der Waals surface area contributed by atoms with Gasteiger partial charge in [-0.05, 0) is 53.5 Å². The van der Waals surface area contributed by atoms with Crippen LogP contribution in [0.1, 0.15) is 42.9 Å². The normalized spacial score (nSPS) is 24.4. The summed E-state index contributed by atoms with van der Waals surface area (Å²) in [5, 5.41) is 0. The fourth-order valence-electron chi connectivity index (χ4n) is 3.55. The predicted molar refractivity (Wildman–Crippen MR) is 89.9 cm³/mol. The average molecular weight is 381 g/mol. The summed E-state index contributed by atoms with van der Waals surface area (Å²) in [6, 6.07) is 6.74. The molecule has 0 bridgehead atoms. The van der Waals surface area contributed by atoms with Crippen LogP contribution in [0.4, 0.5) is 0 Å². The number of aryl methyl sites for hydroxylation is 1. The highest BCUT2D eigenvalue weighted by Gasteiger charge is 2.50. The number of benzene rings is 1. The minimum Gasteiger partial charge on any atom is -0.324 e. The van der Waals surface area contributed by atoms with Crippen LogP contribution in [0.2, 0.25) is 0 Å². The molecule has 3 heteroatoms. The molecular weight excluding hydrogens is 361 g/mol. The monoisotopic (exact) mass is 381 g/mol. The number of amides is 1. The van der Waals surface area contributed by atoms with E-state index in [1.54, 1.807) is 0 Å². The quantitative estimate of drug-likeness (QED) is 0.722. The number of hydrogen-bond donors (Lipinski definition) is 0. The fraction of sp³-hybridized carbons (Fsp3) is 0.471. The number of carbonyl (C=O) groups excluding carboxylic acids is 1. The summed E-state index contributed by atoms with van der Waals surface area (Å²) in [5.41, 5.74) is 3.89. The van der Waals surface area contributed by atoms with Crippen LogP contribution in [0.15, 0.2) is 27.9 Å². The van der Waals surface area contributed by atoms with Crippen LogP contribution in [0.5, 0.6) is 0 Å². The van der Waals surface area contributed by atoms with Crippen molar-refractivity contribution in [1.82, 2.24) is 4.90 Å². The fourth-order valence-corrected chi connectivity index (χ4v) is 4.66. The first-order chi connectivity index (χ1) is 9.59. The Labute approximate surface area is 134 Å². The maximum atomic E-state index is 12.3. The van der Waals surface area contributed by atoms with Crippen LogP contribution in [-0.4, -0.2) is 17.4 Å². The van der Waals surface area contributed by atoms with Gasteiger partial charge in [0.1, 0.15) is 0 Å². The molecule has 0 saturated heterocycles. The molecule has 1 atom stereocenters. The van der Waals surface area contributed by atoms with Gasteiger partial charge in [0.05, 0.1) is 5.54 Å². The van der Waals surface area contributed by atoms with E-state index in [4.69, 9.17) is 0 Å². The summed E-state index contributed by atoms with van der Waals surface area (Å²) in [6.07, 6.45) is 6.17. The zero-order valence-corrected chi connectivity index (χ0v) is 14.2. The van der Waals surface area contributed by atoms with Crippen molar-refractivity contribution in [3.05, 3.63) is 44.5 Å². The third-order valence-electron chi connectivity index (χ3n) is 4.58. The molecule has 1 aromatic rings. The number of halogens is 1. The van der Waals surface area contributed by atoms with Crippen molar-refractivity contribution in [2.45, 2.75) is 45.1 Å². The van der Waals surface area contributed by atoms with Crippen LogP contribution in [0, 0.1) is 6.92 Å². The molecule has 0 aromatic heterocycles. The van der Waals surface area contributed by atoms with Crippen molar-refractivity contribution in [2.24, 2.45) is 0 Å². The van der Waals surface area contributed by atoms with Crippen molar-refractivity contribution in [3.63, 3.8) is 0 Å². The average Bonchev–Trinajstić information content (AvgIpc) is 2.68. The third-order valence-corrected chi connectivity index (χ3v) is 5.78. The number of unbranched alkanes of at least 4 members (excludes halogenated alkanes) is 1. The van der Waals surface area contributed by atoms with Gasteiger partial charge >= 0.3 is 0 Å². The molecule has 1 aromatic carbocycles. The zero-order chi connectivity index (χ0) is 14.3. The standard InChI is InChI=1S/C17H20INO/c1-3-4-8-17-14-10-12(2)5-6-13(14)7-9-19(17)16(20)11-15(17)18/h5-6,10-11H,3-4,7-9H2,1-2H3. The Morgan fingerprint density at radius 1 is 1.40 bits per heavy atom. The molecule has 2 aliphatic rings. The SMILES string of the molecule is CCCCC12C(I)=CC(=O)N1CCc1ccc(C)cc12. The van der Waals surface area contributed by atoms with Gasteiger partial charge in [-0.15, -0.1) is 0 Å². The minimum atomic E-state index is -0.173. The highest BCUT2D eigenvalue weighted by Crippen LogP contribution is 2.50. The Balaban J connectivity index is 2.18. The van der Waals surface area contributed by atoms with Crippen LogP contribution >= 0.6 is 22.6 Å². The Morgan fingerprint density at radius 2 is 2.20 bits per heavy atom. The van der Waals surface area contributed by atoms with Crippen molar-refractivity contribution < 1.29 is 4.79 Å². The highest BCUT2D eigenvalue weighted by atomic mass is 127. The van der Waals surface area contributed by atoms with Crippen molar-refractivity contribution in [3.8, 4) is 0 Å². The largest absolute Gasteiger partial charge is 0.324 e. The highest BCUT2D eigenvalue weighted by molar-refractivity contribution is 14.1. The number of fused-ring (bicyclic) bond motifs is 3. The first-order valence-electron chi connectivity index (χ1n) is 7.39. The zero-order valence-electron chi connectivity index (χ0n) is 12.1. The van der Waals surface area contributed by atoms with Gasteiger partial charge in [0, 0.05) is 16.2 Å². The van der Waals surface area contributed by atoms with Gasteiger partial charge in [-0.2, -0.15) is 0 Å². The molecular formula is C17H20INO. The predicted octanol–water partition coefficient (Wildman–Crippen LogP) is 4.10. The summed E-state index contributed by atoms with van der Waals surface area (Å²) in [4.78, 5) is 14.4. The summed E-state index contributed by atoms with van der Waals surface area (Å²) < 4.78 is 1.19. The van der Waals surface area contributed by atoms with Gasteiger partial charge in [0.2, 0.25) is 5.91 Å². The summed E-state index contributed by atoms with van der Waals surface area (Å²) >= 11 is 2.38. The van der Waals surface area contributed by atoms with Crippen molar-refractivity contribution in [1.29, 1.82) is 0 Å². The van der Waals surface area contributed by atoms with Crippen molar-refractivity contribution >= 4 is 28.5 Å². The van der Waals surface area contributed by atoms with Gasteiger partial charge in [0.15, 0.2) is 0 Å². The Hall–Kier alpha value is -0.840. The van der Waals surface area contributed by atoms with Crippen LogP contribution in [0.25, 0.3) is 0 Å². The molecule has 106 valence electrons. The van der Waals surface area contributed by atoms with E-state index in [1.807, 2.05) is 6.08 Å². The summed E-state index contributed by atoms with van der Waals surface area (Å²) in [6.45, 7) is 5.20. The number of rotatable bonds is 3. The molecule has 3 rings (SSSR count). The number of carbonyl (C=O) groups is 1. The van der Waals surface area contributed by atoms with Crippen molar-refractivity contribution in [2.75, 3.05) is 6.54 Å². The van der Waals surface area contributed by atoms with E-state index in [2.05, 4.69) is 59.5 Å². The topological polar surface area (TPSA) is 20.3 Å². The Bertz CT molecular complexity index is 593. The number of hydrogen-bond acceptors (Lipinski definition) is 1. The molecule has 1 unspecified atom stereocenters. The van der Waals surface area contributed by atoms with Crippen LogP contribution in [-0.2, 0) is 16.8 Å². The van der Waals surface area contributed by atoms with Crippen LogP contribution < -0.4 is 0 Å². The maximum absolute atomic E-state index is 12.3. The van der Waals surface area contributed by atoms with Crippen LogP contribution in [0.3, 0.4) is 0 Å². The molecule has 0 aliphatic carbocycles. The van der Waals surface area contributed by atoms with E-state index in [-0.39, 0.29) is 11.4 Å². The number of nitrogens with zero attached hydrogens (tertiary/aromatic N) is 1. The molecule has 0 N–H and O–H groups in total. The summed E-state index contributed by atoms with van der Waals surface area (Å²) in [5.74, 6) is 0.192. The first-order valence-corrected chi connectivity index (χ1v) is 8.46. The molecule has 2 aliphatic heterocycles. The molecule has 20 heavy (non-hydrogen) atoms. The molecule has 2 nitrogen and oxygen atoms in total. The first kappa shape index (κ1) is 14.1.